The topological polar surface area (TPSA) is 118 Å². The van der Waals surface area contributed by atoms with Crippen LogP contribution < -0.4 is 15.8 Å². The van der Waals surface area contributed by atoms with Gasteiger partial charge in [-0.05, 0) is 55.5 Å². The van der Waals surface area contributed by atoms with E-state index >= 15 is 0 Å². The zero-order valence-electron chi connectivity index (χ0n) is 13.2. The van der Waals surface area contributed by atoms with Gasteiger partial charge in [0.1, 0.15) is 5.82 Å². The SMILES string of the molecule is C[C@@H](NS(=O)(=O)c1ccc(F)cc1)C(=O)Nc1ccc(C(N)=O)cc1. The molecule has 2 amide bonds. The van der Waals surface area contributed by atoms with Crippen LogP contribution in [0.1, 0.15) is 17.3 Å². The number of hydrogen-bond acceptors (Lipinski definition) is 4. The average molecular weight is 365 g/mol. The van der Waals surface area contributed by atoms with Crippen LogP contribution in [0.2, 0.25) is 0 Å². The fraction of sp³-hybridized carbons (Fsp3) is 0.125. The van der Waals surface area contributed by atoms with Crippen molar-refractivity contribution in [1.29, 1.82) is 0 Å². The Hall–Kier alpha value is -2.78. The molecule has 0 aliphatic rings. The number of amides is 2. The summed E-state index contributed by atoms with van der Waals surface area (Å²) in [4.78, 5) is 22.9. The Bertz CT molecular complexity index is 881. The van der Waals surface area contributed by atoms with E-state index in [1.54, 1.807) is 0 Å². The molecule has 1 atom stereocenters. The molecule has 0 spiro atoms. The second-order valence-corrected chi connectivity index (χ2v) is 6.94. The van der Waals surface area contributed by atoms with Crippen LogP contribution >= 0.6 is 0 Å². The zero-order valence-corrected chi connectivity index (χ0v) is 14.0. The molecule has 0 heterocycles. The summed E-state index contributed by atoms with van der Waals surface area (Å²) >= 11 is 0. The van der Waals surface area contributed by atoms with Crippen molar-refractivity contribution < 1.29 is 22.4 Å². The molecule has 4 N–H and O–H groups in total. The molecule has 2 aromatic rings. The zero-order chi connectivity index (χ0) is 18.6. The smallest absolute Gasteiger partial charge is 0.248 e. The summed E-state index contributed by atoms with van der Waals surface area (Å²) in [5.74, 6) is -1.76. The van der Waals surface area contributed by atoms with Crippen LogP contribution in [0.15, 0.2) is 53.4 Å². The van der Waals surface area contributed by atoms with Crippen molar-refractivity contribution in [3.63, 3.8) is 0 Å². The average Bonchev–Trinajstić information content (AvgIpc) is 2.55. The first-order chi connectivity index (χ1) is 11.7. The Balaban J connectivity index is 2.04. The summed E-state index contributed by atoms with van der Waals surface area (Å²) in [6.45, 7) is 1.37. The van der Waals surface area contributed by atoms with Gasteiger partial charge in [0, 0.05) is 11.3 Å². The number of primary amides is 1. The molecule has 2 aromatic carbocycles. The Kier molecular flexibility index (Phi) is 5.50. The minimum absolute atomic E-state index is 0.153. The van der Waals surface area contributed by atoms with Crippen molar-refractivity contribution in [2.24, 2.45) is 5.73 Å². The summed E-state index contributed by atoms with van der Waals surface area (Å²) < 4.78 is 39.4. The normalized spacial score (nSPS) is 12.4. The van der Waals surface area contributed by atoms with Gasteiger partial charge < -0.3 is 11.1 Å². The quantitative estimate of drug-likeness (QED) is 0.713. The first-order valence-corrected chi connectivity index (χ1v) is 8.66. The lowest BCUT2D eigenvalue weighted by Gasteiger charge is -2.14. The highest BCUT2D eigenvalue weighted by Crippen LogP contribution is 2.12. The van der Waals surface area contributed by atoms with Gasteiger partial charge >= 0.3 is 0 Å². The van der Waals surface area contributed by atoms with Crippen molar-refractivity contribution in [2.45, 2.75) is 17.9 Å². The standard InChI is InChI=1S/C16H16FN3O4S/c1-10(20-25(23,24)14-8-4-12(17)5-9-14)16(22)19-13-6-2-11(3-7-13)15(18)21/h2-10,20H,1H3,(H2,18,21)(H,19,22)/t10-/m1/s1. The maximum absolute atomic E-state index is 12.9. The van der Waals surface area contributed by atoms with E-state index in [1.807, 2.05) is 0 Å². The lowest BCUT2D eigenvalue weighted by atomic mass is 10.2. The van der Waals surface area contributed by atoms with Crippen LogP contribution in [0.5, 0.6) is 0 Å². The fourth-order valence-electron chi connectivity index (χ4n) is 1.94. The summed E-state index contributed by atoms with van der Waals surface area (Å²) in [5.41, 5.74) is 5.78. The van der Waals surface area contributed by atoms with E-state index in [0.29, 0.717) is 5.69 Å². The summed E-state index contributed by atoms with van der Waals surface area (Å²) in [6.07, 6.45) is 0. The van der Waals surface area contributed by atoms with E-state index in [0.717, 1.165) is 24.3 Å². The molecule has 25 heavy (non-hydrogen) atoms. The minimum atomic E-state index is -3.97. The second-order valence-electron chi connectivity index (χ2n) is 5.23. The number of rotatable bonds is 6. The number of carbonyl (C=O) groups excluding carboxylic acids is 2. The number of benzene rings is 2. The van der Waals surface area contributed by atoms with E-state index in [2.05, 4.69) is 10.0 Å². The predicted molar refractivity (Wildman–Crippen MR) is 89.8 cm³/mol. The van der Waals surface area contributed by atoms with Gasteiger partial charge in [-0.2, -0.15) is 4.72 Å². The van der Waals surface area contributed by atoms with Crippen LogP contribution in [0.25, 0.3) is 0 Å². The highest BCUT2D eigenvalue weighted by atomic mass is 32.2. The highest BCUT2D eigenvalue weighted by Gasteiger charge is 2.22. The van der Waals surface area contributed by atoms with Gasteiger partial charge in [-0.1, -0.05) is 0 Å². The number of sulfonamides is 1. The molecule has 0 aliphatic heterocycles. The Labute approximate surface area is 144 Å². The van der Waals surface area contributed by atoms with Gasteiger partial charge in [-0.15, -0.1) is 0 Å². The first kappa shape index (κ1) is 18.6. The minimum Gasteiger partial charge on any atom is -0.366 e. The van der Waals surface area contributed by atoms with Crippen LogP contribution in [0.4, 0.5) is 10.1 Å². The fourth-order valence-corrected chi connectivity index (χ4v) is 3.14. The van der Waals surface area contributed by atoms with Crippen molar-refractivity contribution in [2.75, 3.05) is 5.32 Å². The number of hydrogen-bond donors (Lipinski definition) is 3. The third kappa shape index (κ3) is 4.85. The molecule has 0 saturated carbocycles. The lowest BCUT2D eigenvalue weighted by molar-refractivity contribution is -0.117. The van der Waals surface area contributed by atoms with Crippen molar-refractivity contribution >= 4 is 27.5 Å². The third-order valence-electron chi connectivity index (χ3n) is 3.29. The largest absolute Gasteiger partial charge is 0.366 e. The predicted octanol–water partition coefficient (Wildman–Crippen LogP) is 1.23. The van der Waals surface area contributed by atoms with Crippen LogP contribution in [-0.2, 0) is 14.8 Å². The molecule has 0 radical (unpaired) electrons. The summed E-state index contributed by atoms with van der Waals surface area (Å²) in [7, 11) is -3.97. The molecule has 0 aliphatic carbocycles. The Morgan fingerprint density at radius 3 is 2.12 bits per heavy atom. The van der Waals surface area contributed by atoms with E-state index in [4.69, 9.17) is 5.73 Å². The molecule has 132 valence electrons. The van der Waals surface area contributed by atoms with Gasteiger partial charge in [-0.25, -0.2) is 12.8 Å². The molecule has 9 heteroatoms. The summed E-state index contributed by atoms with van der Waals surface area (Å²) in [5, 5.41) is 2.51. The number of nitrogens with one attached hydrogen (secondary N) is 2. The van der Waals surface area contributed by atoms with Gasteiger partial charge in [0.2, 0.25) is 21.8 Å². The number of nitrogens with two attached hydrogens (primary N) is 1. The summed E-state index contributed by atoms with van der Waals surface area (Å²) in [6, 6.07) is 8.97. The van der Waals surface area contributed by atoms with E-state index < -0.39 is 33.7 Å². The second kappa shape index (κ2) is 7.41. The number of anilines is 1. The van der Waals surface area contributed by atoms with Crippen LogP contribution in [0, 0.1) is 5.82 Å². The molecular weight excluding hydrogens is 349 g/mol. The maximum atomic E-state index is 12.9. The van der Waals surface area contributed by atoms with Gasteiger partial charge in [0.15, 0.2) is 0 Å². The van der Waals surface area contributed by atoms with Crippen molar-refractivity contribution in [3.05, 3.63) is 59.9 Å². The Morgan fingerprint density at radius 1 is 1.04 bits per heavy atom. The van der Waals surface area contributed by atoms with Crippen molar-refractivity contribution in [1.82, 2.24) is 4.72 Å². The monoisotopic (exact) mass is 365 g/mol. The van der Waals surface area contributed by atoms with E-state index in [9.17, 15) is 22.4 Å². The molecule has 0 fully saturated rings. The van der Waals surface area contributed by atoms with E-state index in [1.165, 1.54) is 31.2 Å². The van der Waals surface area contributed by atoms with Crippen LogP contribution in [-0.4, -0.2) is 26.3 Å². The molecule has 0 bridgehead atoms. The van der Waals surface area contributed by atoms with E-state index in [-0.39, 0.29) is 10.5 Å². The highest BCUT2D eigenvalue weighted by molar-refractivity contribution is 7.89. The van der Waals surface area contributed by atoms with Crippen molar-refractivity contribution in [3.8, 4) is 0 Å². The molecule has 0 saturated heterocycles. The number of carbonyl (C=O) groups is 2. The Morgan fingerprint density at radius 2 is 1.60 bits per heavy atom. The maximum Gasteiger partial charge on any atom is 0.248 e. The van der Waals surface area contributed by atoms with Gasteiger partial charge in [0.05, 0.1) is 10.9 Å². The number of halogens is 1. The molecule has 0 unspecified atom stereocenters. The van der Waals surface area contributed by atoms with Gasteiger partial charge in [-0.3, -0.25) is 9.59 Å². The first-order valence-electron chi connectivity index (χ1n) is 7.17. The molecule has 2 rings (SSSR count). The molecule has 7 nitrogen and oxygen atoms in total. The molecular formula is C16H16FN3O4S. The lowest BCUT2D eigenvalue weighted by Crippen LogP contribution is -2.41. The molecule has 0 aromatic heterocycles. The third-order valence-corrected chi connectivity index (χ3v) is 4.84. The van der Waals surface area contributed by atoms with Crippen LogP contribution in [0.3, 0.4) is 0 Å². The van der Waals surface area contributed by atoms with Gasteiger partial charge in [0.25, 0.3) is 0 Å².